The topological polar surface area (TPSA) is 9.23 Å². The molecule has 3 heteroatoms. The zero-order chi connectivity index (χ0) is 10.7. The fraction of sp³-hybridized carbons (Fsp3) is 0.273. The van der Waals surface area contributed by atoms with Gasteiger partial charge in [0.1, 0.15) is 0 Å². The van der Waals surface area contributed by atoms with E-state index in [9.17, 15) is 4.39 Å². The second-order valence-electron chi connectivity index (χ2n) is 2.98. The summed E-state index contributed by atoms with van der Waals surface area (Å²) in [5, 5.41) is 0. The maximum absolute atomic E-state index is 13.5. The standard InChI is InChI=1S/C11H12BrFO/c1-4-14-11-9(12)5-8(7(2)3)6-10(11)13/h5-6H,2,4H2,1,3H3. The summed E-state index contributed by atoms with van der Waals surface area (Å²) in [5.41, 5.74) is 1.60. The largest absolute Gasteiger partial charge is 0.490 e. The molecular weight excluding hydrogens is 247 g/mol. The number of hydrogen-bond donors (Lipinski definition) is 0. The van der Waals surface area contributed by atoms with Crippen molar-refractivity contribution in [1.82, 2.24) is 0 Å². The van der Waals surface area contributed by atoms with E-state index in [0.717, 1.165) is 11.1 Å². The molecule has 1 aromatic carbocycles. The van der Waals surface area contributed by atoms with Gasteiger partial charge in [0.05, 0.1) is 11.1 Å². The Morgan fingerprint density at radius 1 is 1.57 bits per heavy atom. The quantitative estimate of drug-likeness (QED) is 0.796. The molecule has 1 nitrogen and oxygen atoms in total. The van der Waals surface area contributed by atoms with Crippen LogP contribution >= 0.6 is 15.9 Å². The van der Waals surface area contributed by atoms with Gasteiger partial charge >= 0.3 is 0 Å². The van der Waals surface area contributed by atoms with Crippen LogP contribution in [0.4, 0.5) is 4.39 Å². The highest BCUT2D eigenvalue weighted by Crippen LogP contribution is 2.31. The molecule has 0 amide bonds. The zero-order valence-electron chi connectivity index (χ0n) is 8.23. The van der Waals surface area contributed by atoms with Crippen molar-refractivity contribution in [3.05, 3.63) is 34.6 Å². The molecule has 0 spiro atoms. The summed E-state index contributed by atoms with van der Waals surface area (Å²) < 4.78 is 19.2. The Morgan fingerprint density at radius 3 is 2.64 bits per heavy atom. The number of halogens is 2. The fourth-order valence-corrected chi connectivity index (χ4v) is 1.64. The third-order valence-electron chi connectivity index (χ3n) is 1.78. The van der Waals surface area contributed by atoms with E-state index in [0.29, 0.717) is 11.1 Å². The Kier molecular flexibility index (Phi) is 3.69. The van der Waals surface area contributed by atoms with Gasteiger partial charge in [-0.05, 0) is 47.5 Å². The highest BCUT2D eigenvalue weighted by molar-refractivity contribution is 9.10. The van der Waals surface area contributed by atoms with Gasteiger partial charge in [-0.1, -0.05) is 12.2 Å². The van der Waals surface area contributed by atoms with Gasteiger partial charge in [-0.2, -0.15) is 0 Å². The van der Waals surface area contributed by atoms with Gasteiger partial charge in [0.15, 0.2) is 11.6 Å². The molecule has 0 aliphatic carbocycles. The lowest BCUT2D eigenvalue weighted by atomic mass is 10.1. The summed E-state index contributed by atoms with van der Waals surface area (Å²) in [6, 6.07) is 3.23. The molecule has 0 bridgehead atoms. The molecule has 0 atom stereocenters. The van der Waals surface area contributed by atoms with Crippen LogP contribution in [0.3, 0.4) is 0 Å². The molecule has 1 aromatic rings. The van der Waals surface area contributed by atoms with Gasteiger partial charge in [0.25, 0.3) is 0 Å². The lowest BCUT2D eigenvalue weighted by Crippen LogP contribution is -1.96. The summed E-state index contributed by atoms with van der Waals surface area (Å²) in [5.74, 6) is -0.100. The number of allylic oxidation sites excluding steroid dienone is 1. The van der Waals surface area contributed by atoms with Gasteiger partial charge < -0.3 is 4.74 Å². The van der Waals surface area contributed by atoms with Crippen molar-refractivity contribution in [1.29, 1.82) is 0 Å². The highest BCUT2D eigenvalue weighted by atomic mass is 79.9. The Labute approximate surface area is 91.7 Å². The lowest BCUT2D eigenvalue weighted by Gasteiger charge is -2.09. The SMILES string of the molecule is C=C(C)c1cc(F)c(OCC)c(Br)c1. The molecule has 0 aromatic heterocycles. The smallest absolute Gasteiger partial charge is 0.169 e. The van der Waals surface area contributed by atoms with Gasteiger partial charge in [0.2, 0.25) is 0 Å². The van der Waals surface area contributed by atoms with Crippen LogP contribution in [-0.2, 0) is 0 Å². The summed E-state index contributed by atoms with van der Waals surface area (Å²) in [6.45, 7) is 7.85. The normalized spacial score (nSPS) is 10.0. The maximum Gasteiger partial charge on any atom is 0.169 e. The van der Waals surface area contributed by atoms with E-state index in [-0.39, 0.29) is 11.6 Å². The van der Waals surface area contributed by atoms with E-state index >= 15 is 0 Å². The molecule has 0 aliphatic heterocycles. The first-order chi connectivity index (χ1) is 6.56. The van der Waals surface area contributed by atoms with Crippen LogP contribution in [0.25, 0.3) is 5.57 Å². The molecule has 14 heavy (non-hydrogen) atoms. The first-order valence-corrected chi connectivity index (χ1v) is 5.13. The third kappa shape index (κ3) is 2.35. The van der Waals surface area contributed by atoms with Crippen LogP contribution in [0, 0.1) is 5.82 Å². The summed E-state index contributed by atoms with van der Waals surface area (Å²) in [6.07, 6.45) is 0. The summed E-state index contributed by atoms with van der Waals surface area (Å²) in [4.78, 5) is 0. The predicted molar refractivity (Wildman–Crippen MR) is 60.0 cm³/mol. The van der Waals surface area contributed by atoms with E-state index in [1.54, 1.807) is 6.07 Å². The minimum Gasteiger partial charge on any atom is -0.490 e. The van der Waals surface area contributed by atoms with E-state index in [1.165, 1.54) is 6.07 Å². The Morgan fingerprint density at radius 2 is 2.21 bits per heavy atom. The van der Waals surface area contributed by atoms with E-state index in [1.807, 2.05) is 13.8 Å². The Hall–Kier alpha value is -0.830. The van der Waals surface area contributed by atoms with Gasteiger partial charge in [-0.3, -0.25) is 0 Å². The predicted octanol–water partition coefficient (Wildman–Crippen LogP) is 4.02. The molecule has 0 aliphatic rings. The second-order valence-corrected chi connectivity index (χ2v) is 3.84. The van der Waals surface area contributed by atoms with E-state index in [2.05, 4.69) is 22.5 Å². The van der Waals surface area contributed by atoms with Gasteiger partial charge in [-0.15, -0.1) is 0 Å². The number of benzene rings is 1. The van der Waals surface area contributed by atoms with E-state index < -0.39 is 0 Å². The zero-order valence-corrected chi connectivity index (χ0v) is 9.82. The van der Waals surface area contributed by atoms with Crippen molar-refractivity contribution >= 4 is 21.5 Å². The van der Waals surface area contributed by atoms with Gasteiger partial charge in [0, 0.05) is 0 Å². The van der Waals surface area contributed by atoms with Crippen molar-refractivity contribution in [2.45, 2.75) is 13.8 Å². The monoisotopic (exact) mass is 258 g/mol. The third-order valence-corrected chi connectivity index (χ3v) is 2.37. The van der Waals surface area contributed by atoms with Crippen LogP contribution in [-0.4, -0.2) is 6.61 Å². The van der Waals surface area contributed by atoms with Crippen molar-refractivity contribution in [2.24, 2.45) is 0 Å². The molecule has 0 fully saturated rings. The van der Waals surface area contributed by atoms with Crippen molar-refractivity contribution < 1.29 is 9.13 Å². The molecule has 0 unspecified atom stereocenters. The molecule has 1 rings (SSSR count). The summed E-state index contributed by atoms with van der Waals surface area (Å²) >= 11 is 3.26. The first kappa shape index (κ1) is 11.2. The van der Waals surface area contributed by atoms with Crippen molar-refractivity contribution in [3.63, 3.8) is 0 Å². The minimum atomic E-state index is -0.362. The van der Waals surface area contributed by atoms with E-state index in [4.69, 9.17) is 4.74 Å². The average molecular weight is 259 g/mol. The van der Waals surface area contributed by atoms with Crippen molar-refractivity contribution in [3.8, 4) is 5.75 Å². The molecular formula is C11H12BrFO. The molecule has 0 radical (unpaired) electrons. The minimum absolute atomic E-state index is 0.262. The van der Waals surface area contributed by atoms with Crippen LogP contribution in [0.2, 0.25) is 0 Å². The van der Waals surface area contributed by atoms with Crippen molar-refractivity contribution in [2.75, 3.05) is 6.61 Å². The Bertz CT molecular complexity index is 337. The second kappa shape index (κ2) is 4.60. The molecule has 0 N–H and O–H groups in total. The van der Waals surface area contributed by atoms with Crippen LogP contribution in [0.1, 0.15) is 19.4 Å². The Balaban J connectivity index is 3.18. The fourth-order valence-electron chi connectivity index (χ4n) is 1.09. The number of ether oxygens (including phenoxy) is 1. The summed E-state index contributed by atoms with van der Waals surface area (Å²) in [7, 11) is 0. The highest BCUT2D eigenvalue weighted by Gasteiger charge is 2.10. The molecule has 0 saturated heterocycles. The molecule has 0 saturated carbocycles. The number of hydrogen-bond acceptors (Lipinski definition) is 1. The van der Waals surface area contributed by atoms with Gasteiger partial charge in [-0.25, -0.2) is 4.39 Å². The average Bonchev–Trinajstić information content (AvgIpc) is 2.10. The molecule has 76 valence electrons. The molecule has 0 heterocycles. The van der Waals surface area contributed by atoms with Crippen LogP contribution < -0.4 is 4.74 Å². The number of rotatable bonds is 3. The first-order valence-electron chi connectivity index (χ1n) is 4.34. The van der Waals surface area contributed by atoms with Crippen LogP contribution in [0.15, 0.2) is 23.2 Å². The maximum atomic E-state index is 13.5. The van der Waals surface area contributed by atoms with Crippen LogP contribution in [0.5, 0.6) is 5.75 Å². The lowest BCUT2D eigenvalue weighted by molar-refractivity contribution is 0.319.